The van der Waals surface area contributed by atoms with Gasteiger partial charge in [0, 0.05) is 17.5 Å². The molecule has 3 N–H and O–H groups in total. The SMILES string of the molecule is CCc1cc(OCC(=O)O)c2c3c(C(N)=O)cccc3n(Cc3ccccc3C)c2c1. The highest BCUT2D eigenvalue weighted by atomic mass is 16.5. The van der Waals surface area contributed by atoms with E-state index in [2.05, 4.69) is 29.7 Å². The molecule has 0 atom stereocenters. The second kappa shape index (κ2) is 8.14. The van der Waals surface area contributed by atoms with E-state index in [9.17, 15) is 9.59 Å². The number of amides is 1. The van der Waals surface area contributed by atoms with Gasteiger partial charge in [-0.25, -0.2) is 4.79 Å². The molecule has 1 amide bonds. The maximum absolute atomic E-state index is 12.3. The van der Waals surface area contributed by atoms with Crippen molar-refractivity contribution in [2.45, 2.75) is 26.8 Å². The van der Waals surface area contributed by atoms with Crippen molar-refractivity contribution in [1.29, 1.82) is 0 Å². The van der Waals surface area contributed by atoms with Crippen molar-refractivity contribution in [3.05, 3.63) is 76.9 Å². The molecule has 31 heavy (non-hydrogen) atoms. The monoisotopic (exact) mass is 416 g/mol. The Morgan fingerprint density at radius 2 is 1.81 bits per heavy atom. The summed E-state index contributed by atoms with van der Waals surface area (Å²) in [4.78, 5) is 23.4. The Morgan fingerprint density at radius 3 is 2.48 bits per heavy atom. The Kier molecular flexibility index (Phi) is 5.38. The van der Waals surface area contributed by atoms with Crippen molar-refractivity contribution < 1.29 is 19.4 Å². The largest absolute Gasteiger partial charge is 0.481 e. The molecule has 4 aromatic rings. The molecule has 0 aliphatic rings. The van der Waals surface area contributed by atoms with Crippen LogP contribution < -0.4 is 10.5 Å². The maximum Gasteiger partial charge on any atom is 0.341 e. The minimum absolute atomic E-state index is 0.385. The van der Waals surface area contributed by atoms with Gasteiger partial charge >= 0.3 is 5.97 Å². The van der Waals surface area contributed by atoms with E-state index in [-0.39, 0.29) is 0 Å². The number of aromatic nitrogens is 1. The highest BCUT2D eigenvalue weighted by Crippen LogP contribution is 2.39. The zero-order chi connectivity index (χ0) is 22.1. The molecule has 3 aromatic carbocycles. The third-order valence-corrected chi connectivity index (χ3v) is 5.63. The van der Waals surface area contributed by atoms with Gasteiger partial charge in [-0.2, -0.15) is 0 Å². The fourth-order valence-electron chi connectivity index (χ4n) is 4.07. The minimum atomic E-state index is -1.06. The van der Waals surface area contributed by atoms with Gasteiger partial charge in [-0.3, -0.25) is 4.79 Å². The van der Waals surface area contributed by atoms with Crippen molar-refractivity contribution in [3.63, 3.8) is 0 Å². The molecule has 0 spiro atoms. The number of carboxylic acids is 1. The number of benzene rings is 3. The van der Waals surface area contributed by atoms with E-state index < -0.39 is 18.5 Å². The van der Waals surface area contributed by atoms with Crippen LogP contribution in [0.15, 0.2) is 54.6 Å². The Bertz CT molecular complexity index is 1320. The summed E-state index contributed by atoms with van der Waals surface area (Å²) in [5.74, 6) is -1.16. The van der Waals surface area contributed by atoms with Crippen LogP contribution in [0.4, 0.5) is 0 Å². The van der Waals surface area contributed by atoms with Crippen LogP contribution in [0.1, 0.15) is 34.0 Å². The van der Waals surface area contributed by atoms with E-state index in [0.29, 0.717) is 28.6 Å². The standard InChI is InChI=1S/C25H24N2O4/c1-3-16-11-20-24(21(12-16)31-14-22(28)29)23-18(25(26)30)9-6-10-19(23)27(20)13-17-8-5-4-7-15(17)2/h4-12H,3,13-14H2,1-2H3,(H2,26,30)(H,28,29). The van der Waals surface area contributed by atoms with E-state index >= 15 is 0 Å². The number of hydrogen-bond acceptors (Lipinski definition) is 3. The Morgan fingerprint density at radius 1 is 1.03 bits per heavy atom. The third kappa shape index (κ3) is 3.72. The number of aryl methyl sites for hydroxylation is 2. The average molecular weight is 416 g/mol. The van der Waals surface area contributed by atoms with Gasteiger partial charge in [0.2, 0.25) is 5.91 Å². The van der Waals surface area contributed by atoms with Crippen LogP contribution in [0.25, 0.3) is 21.8 Å². The van der Waals surface area contributed by atoms with E-state index in [1.807, 2.05) is 37.3 Å². The molecule has 0 aliphatic heterocycles. The second-order valence-electron chi connectivity index (χ2n) is 7.60. The van der Waals surface area contributed by atoms with Crippen LogP contribution in [-0.2, 0) is 17.8 Å². The van der Waals surface area contributed by atoms with Crippen molar-refractivity contribution in [2.24, 2.45) is 5.73 Å². The average Bonchev–Trinajstić information content (AvgIpc) is 3.07. The number of aliphatic carboxylic acids is 1. The van der Waals surface area contributed by atoms with Crippen LogP contribution in [0.3, 0.4) is 0 Å². The summed E-state index contributed by atoms with van der Waals surface area (Å²) >= 11 is 0. The van der Waals surface area contributed by atoms with Crippen molar-refractivity contribution in [3.8, 4) is 5.75 Å². The van der Waals surface area contributed by atoms with Gasteiger partial charge in [0.15, 0.2) is 6.61 Å². The lowest BCUT2D eigenvalue weighted by atomic mass is 10.0. The van der Waals surface area contributed by atoms with E-state index in [1.165, 1.54) is 0 Å². The van der Waals surface area contributed by atoms with Crippen molar-refractivity contribution in [2.75, 3.05) is 6.61 Å². The highest BCUT2D eigenvalue weighted by molar-refractivity contribution is 6.20. The van der Waals surface area contributed by atoms with Crippen molar-refractivity contribution in [1.82, 2.24) is 4.57 Å². The Balaban J connectivity index is 2.09. The topological polar surface area (TPSA) is 94.6 Å². The van der Waals surface area contributed by atoms with Gasteiger partial charge in [0.1, 0.15) is 5.75 Å². The molecule has 1 aromatic heterocycles. The first-order chi connectivity index (χ1) is 14.9. The molecule has 0 saturated carbocycles. The lowest BCUT2D eigenvalue weighted by Crippen LogP contribution is -2.12. The second-order valence-corrected chi connectivity index (χ2v) is 7.60. The molecule has 0 aliphatic carbocycles. The van der Waals surface area contributed by atoms with E-state index in [1.54, 1.807) is 6.07 Å². The zero-order valence-electron chi connectivity index (χ0n) is 17.5. The number of ether oxygens (including phenoxy) is 1. The summed E-state index contributed by atoms with van der Waals surface area (Å²) in [7, 11) is 0. The minimum Gasteiger partial charge on any atom is -0.481 e. The summed E-state index contributed by atoms with van der Waals surface area (Å²) in [6.07, 6.45) is 0.758. The maximum atomic E-state index is 12.3. The summed E-state index contributed by atoms with van der Waals surface area (Å²) in [5, 5.41) is 10.5. The third-order valence-electron chi connectivity index (χ3n) is 5.63. The molecular weight excluding hydrogens is 392 g/mol. The first-order valence-electron chi connectivity index (χ1n) is 10.2. The number of carbonyl (C=O) groups is 2. The van der Waals surface area contributed by atoms with Gasteiger partial charge in [-0.05, 0) is 54.3 Å². The van der Waals surface area contributed by atoms with Gasteiger partial charge in [0.05, 0.1) is 16.4 Å². The molecule has 1 heterocycles. The molecule has 0 radical (unpaired) electrons. The normalized spacial score (nSPS) is 11.2. The smallest absolute Gasteiger partial charge is 0.341 e. The molecule has 6 heteroatoms. The summed E-state index contributed by atoms with van der Waals surface area (Å²) in [6.45, 7) is 4.23. The van der Waals surface area contributed by atoms with Crippen LogP contribution in [-0.4, -0.2) is 28.2 Å². The van der Waals surface area contributed by atoms with E-state index in [0.717, 1.165) is 34.1 Å². The number of carbonyl (C=O) groups excluding carboxylic acids is 1. The highest BCUT2D eigenvalue weighted by Gasteiger charge is 2.21. The Hall–Kier alpha value is -3.80. The van der Waals surface area contributed by atoms with Gasteiger partial charge in [-0.1, -0.05) is 37.3 Å². The zero-order valence-corrected chi connectivity index (χ0v) is 17.5. The van der Waals surface area contributed by atoms with Gasteiger partial charge < -0.3 is 20.1 Å². The number of hydrogen-bond donors (Lipinski definition) is 2. The van der Waals surface area contributed by atoms with E-state index in [4.69, 9.17) is 15.6 Å². The number of primary amides is 1. The summed E-state index contributed by atoms with van der Waals surface area (Å²) < 4.78 is 7.83. The molecule has 4 rings (SSSR count). The quantitative estimate of drug-likeness (QED) is 0.470. The first-order valence-corrected chi connectivity index (χ1v) is 10.2. The number of fused-ring (bicyclic) bond motifs is 3. The number of rotatable bonds is 7. The van der Waals surface area contributed by atoms with Crippen LogP contribution in [0, 0.1) is 6.92 Å². The molecular formula is C25H24N2O4. The molecule has 0 bridgehead atoms. The van der Waals surface area contributed by atoms with Crippen molar-refractivity contribution >= 4 is 33.7 Å². The predicted molar refractivity (Wildman–Crippen MR) is 121 cm³/mol. The molecule has 0 unspecified atom stereocenters. The fraction of sp³-hybridized carbons (Fsp3) is 0.200. The first kappa shape index (κ1) is 20.5. The van der Waals surface area contributed by atoms with Crippen LogP contribution in [0.5, 0.6) is 5.75 Å². The summed E-state index contributed by atoms with van der Waals surface area (Å²) in [5.41, 5.74) is 11.2. The lowest BCUT2D eigenvalue weighted by Gasteiger charge is -2.12. The number of nitrogens with zero attached hydrogens (tertiary/aromatic N) is 1. The Labute approximate surface area is 179 Å². The number of carboxylic acid groups (broad SMARTS) is 1. The van der Waals surface area contributed by atoms with Crippen LogP contribution in [0.2, 0.25) is 0 Å². The summed E-state index contributed by atoms with van der Waals surface area (Å²) in [6, 6.07) is 17.5. The molecule has 158 valence electrons. The molecule has 0 saturated heterocycles. The lowest BCUT2D eigenvalue weighted by molar-refractivity contribution is -0.139. The number of nitrogens with two attached hydrogens (primary N) is 1. The van der Waals surface area contributed by atoms with Gasteiger partial charge in [-0.15, -0.1) is 0 Å². The predicted octanol–water partition coefficient (Wildman–Crippen LogP) is 4.28. The molecule has 6 nitrogen and oxygen atoms in total. The van der Waals surface area contributed by atoms with Crippen LogP contribution >= 0.6 is 0 Å². The fourth-order valence-corrected chi connectivity index (χ4v) is 4.07. The van der Waals surface area contributed by atoms with Gasteiger partial charge in [0.25, 0.3) is 0 Å². The molecule has 0 fully saturated rings.